The van der Waals surface area contributed by atoms with Gasteiger partial charge in [0.1, 0.15) is 5.84 Å². The number of aliphatic imine (C=N–C) groups is 2. The Morgan fingerprint density at radius 2 is 1.02 bits per heavy atom. The molecule has 2 N–H and O–H groups in total. The monoisotopic (exact) mass is 693 g/mol. The second kappa shape index (κ2) is 14.4. The molecule has 8 aromatic carbocycles. The maximum atomic E-state index is 6.62. The minimum Gasteiger partial charge on any atom is -0.383 e. The zero-order valence-corrected chi connectivity index (χ0v) is 29.5. The number of fused-ring (bicyclic) bond motifs is 4. The molecule has 0 spiro atoms. The van der Waals surface area contributed by atoms with Crippen molar-refractivity contribution in [2.75, 3.05) is 0 Å². The number of nitrogens with zero attached hydrogens (tertiary/aromatic N) is 4. The van der Waals surface area contributed by atoms with Gasteiger partial charge in [-0.05, 0) is 43.9 Å². The Labute approximate surface area is 313 Å². The van der Waals surface area contributed by atoms with E-state index in [2.05, 4.69) is 109 Å². The minimum atomic E-state index is 0.318. The van der Waals surface area contributed by atoms with Crippen LogP contribution >= 0.6 is 0 Å². The first kappa shape index (κ1) is 32.7. The van der Waals surface area contributed by atoms with E-state index in [0.29, 0.717) is 24.0 Å². The van der Waals surface area contributed by atoms with Crippen molar-refractivity contribution in [2.45, 2.75) is 6.54 Å². The maximum Gasteiger partial charge on any atom is 0.161 e. The van der Waals surface area contributed by atoms with E-state index in [0.717, 1.165) is 77.1 Å². The van der Waals surface area contributed by atoms with E-state index in [4.69, 9.17) is 25.7 Å². The van der Waals surface area contributed by atoms with E-state index in [1.54, 1.807) is 0 Å². The standard InChI is InChI=1S/C49H35N5/c50-47(35-20-6-2-7-21-35)54-48(36-22-8-3-9-23-36)51-32-43-40-28-13-12-26-38(40)39-27-14-15-29-42(39)46(43)49-52-44(34-18-4-1-5-19-34)31-45(53-49)41-30-16-24-33-17-10-11-25-37(33)41/h1-31H,32H2,(H2,50,51,54). The normalized spacial score (nSPS) is 12.1. The van der Waals surface area contributed by atoms with Crippen LogP contribution in [0.3, 0.4) is 0 Å². The number of aromatic nitrogens is 2. The third kappa shape index (κ3) is 6.29. The summed E-state index contributed by atoms with van der Waals surface area (Å²) in [7, 11) is 0. The number of hydrogen-bond acceptors (Lipinski definition) is 3. The fraction of sp³-hybridized carbons (Fsp3) is 0.0204. The fourth-order valence-electron chi connectivity index (χ4n) is 7.26. The Kier molecular flexibility index (Phi) is 8.71. The lowest BCUT2D eigenvalue weighted by molar-refractivity contribution is 1.07. The van der Waals surface area contributed by atoms with Crippen molar-refractivity contribution in [1.29, 1.82) is 0 Å². The van der Waals surface area contributed by atoms with Gasteiger partial charge >= 0.3 is 0 Å². The molecule has 0 unspecified atom stereocenters. The molecule has 9 rings (SSSR count). The molecule has 0 radical (unpaired) electrons. The van der Waals surface area contributed by atoms with Crippen molar-refractivity contribution >= 4 is 44.0 Å². The van der Waals surface area contributed by atoms with Gasteiger partial charge in [-0.2, -0.15) is 0 Å². The van der Waals surface area contributed by atoms with Crippen molar-refractivity contribution in [2.24, 2.45) is 15.7 Å². The van der Waals surface area contributed by atoms with Gasteiger partial charge in [0.2, 0.25) is 0 Å². The lowest BCUT2D eigenvalue weighted by Crippen LogP contribution is -2.16. The molecular weight excluding hydrogens is 659 g/mol. The molecule has 0 aliphatic heterocycles. The van der Waals surface area contributed by atoms with Crippen LogP contribution in [0, 0.1) is 0 Å². The number of nitrogens with two attached hydrogens (primary N) is 1. The Balaban J connectivity index is 1.32. The molecule has 9 aromatic rings. The second-order valence-corrected chi connectivity index (χ2v) is 13.2. The van der Waals surface area contributed by atoms with E-state index in [1.165, 1.54) is 0 Å². The third-order valence-corrected chi connectivity index (χ3v) is 9.84. The van der Waals surface area contributed by atoms with Gasteiger partial charge in [0, 0.05) is 27.8 Å². The number of hydrogen-bond donors (Lipinski definition) is 1. The minimum absolute atomic E-state index is 0.318. The van der Waals surface area contributed by atoms with E-state index >= 15 is 0 Å². The molecule has 0 atom stereocenters. The molecule has 0 fully saturated rings. The van der Waals surface area contributed by atoms with E-state index in [9.17, 15) is 0 Å². The SMILES string of the molecule is N/C(=N\C(=N/Cc1c(-c2nc(-c3ccccc3)cc(-c3cccc4ccccc34)n2)c2ccccc2c2ccccc12)c1ccccc1)c1ccccc1. The lowest BCUT2D eigenvalue weighted by Gasteiger charge is -2.18. The third-order valence-electron chi connectivity index (χ3n) is 9.84. The molecule has 256 valence electrons. The molecule has 0 aliphatic carbocycles. The number of benzene rings is 8. The van der Waals surface area contributed by atoms with Crippen LogP contribution in [-0.4, -0.2) is 21.6 Å². The van der Waals surface area contributed by atoms with E-state index < -0.39 is 0 Å². The van der Waals surface area contributed by atoms with Gasteiger partial charge in [0.05, 0.1) is 17.9 Å². The molecule has 5 nitrogen and oxygen atoms in total. The molecule has 54 heavy (non-hydrogen) atoms. The molecule has 1 aromatic heterocycles. The largest absolute Gasteiger partial charge is 0.383 e. The Morgan fingerprint density at radius 3 is 1.74 bits per heavy atom. The van der Waals surface area contributed by atoms with Crippen LogP contribution in [0.15, 0.2) is 198 Å². The molecule has 0 aliphatic rings. The first-order chi connectivity index (χ1) is 26.7. The van der Waals surface area contributed by atoms with Crippen molar-refractivity contribution in [1.82, 2.24) is 9.97 Å². The first-order valence-electron chi connectivity index (χ1n) is 18.1. The quantitative estimate of drug-likeness (QED) is 0.103. The van der Waals surface area contributed by atoms with E-state index in [1.807, 2.05) is 78.9 Å². The van der Waals surface area contributed by atoms with Gasteiger partial charge in [0.25, 0.3) is 0 Å². The van der Waals surface area contributed by atoms with Crippen LogP contribution in [0.4, 0.5) is 0 Å². The summed E-state index contributed by atoms with van der Waals surface area (Å²) in [4.78, 5) is 21.0. The molecule has 0 saturated carbocycles. The highest BCUT2D eigenvalue weighted by Crippen LogP contribution is 2.40. The number of amidine groups is 2. The summed E-state index contributed by atoms with van der Waals surface area (Å²) in [5, 5.41) is 6.71. The molecule has 0 saturated heterocycles. The van der Waals surface area contributed by atoms with Crippen molar-refractivity contribution in [3.8, 4) is 33.9 Å². The summed E-state index contributed by atoms with van der Waals surface area (Å²) in [5.74, 6) is 1.59. The summed E-state index contributed by atoms with van der Waals surface area (Å²) in [6.45, 7) is 0.318. The highest BCUT2D eigenvalue weighted by Gasteiger charge is 2.21. The van der Waals surface area contributed by atoms with Crippen molar-refractivity contribution in [3.63, 3.8) is 0 Å². The highest BCUT2D eigenvalue weighted by atomic mass is 15.0. The van der Waals surface area contributed by atoms with Crippen molar-refractivity contribution in [3.05, 3.63) is 205 Å². The van der Waals surface area contributed by atoms with Crippen LogP contribution in [0.1, 0.15) is 16.7 Å². The van der Waals surface area contributed by atoms with Crippen LogP contribution in [0.2, 0.25) is 0 Å². The summed E-state index contributed by atoms with van der Waals surface area (Å²) in [6.07, 6.45) is 0. The lowest BCUT2D eigenvalue weighted by atomic mass is 9.90. The van der Waals surface area contributed by atoms with Crippen LogP contribution in [0.25, 0.3) is 66.2 Å². The van der Waals surface area contributed by atoms with Gasteiger partial charge in [0.15, 0.2) is 11.7 Å². The molecule has 1 heterocycles. The average Bonchev–Trinajstić information content (AvgIpc) is 3.25. The topological polar surface area (TPSA) is 76.5 Å². The van der Waals surface area contributed by atoms with Crippen molar-refractivity contribution < 1.29 is 0 Å². The molecule has 5 heteroatoms. The first-order valence-corrected chi connectivity index (χ1v) is 18.1. The Morgan fingerprint density at radius 1 is 0.481 bits per heavy atom. The maximum absolute atomic E-state index is 6.62. The summed E-state index contributed by atoms with van der Waals surface area (Å²) in [5.41, 5.74) is 14.1. The van der Waals surface area contributed by atoms with Crippen LogP contribution in [0.5, 0.6) is 0 Å². The van der Waals surface area contributed by atoms with Crippen LogP contribution in [-0.2, 0) is 6.54 Å². The highest BCUT2D eigenvalue weighted by molar-refractivity contribution is 6.16. The fourth-order valence-corrected chi connectivity index (χ4v) is 7.26. The van der Waals surface area contributed by atoms with Gasteiger partial charge < -0.3 is 5.73 Å². The van der Waals surface area contributed by atoms with Crippen LogP contribution < -0.4 is 5.73 Å². The zero-order chi connectivity index (χ0) is 36.3. The summed E-state index contributed by atoms with van der Waals surface area (Å²) in [6, 6.07) is 64.1. The van der Waals surface area contributed by atoms with E-state index in [-0.39, 0.29) is 0 Å². The summed E-state index contributed by atoms with van der Waals surface area (Å²) < 4.78 is 0. The Hall–Kier alpha value is -7.24. The van der Waals surface area contributed by atoms with Gasteiger partial charge in [-0.25, -0.2) is 15.0 Å². The number of rotatable bonds is 7. The predicted molar refractivity (Wildman–Crippen MR) is 225 cm³/mol. The zero-order valence-electron chi connectivity index (χ0n) is 29.5. The Bertz CT molecular complexity index is 2840. The average molecular weight is 694 g/mol. The van der Waals surface area contributed by atoms with Gasteiger partial charge in [-0.3, -0.25) is 4.99 Å². The molecule has 0 amide bonds. The van der Waals surface area contributed by atoms with Gasteiger partial charge in [-0.15, -0.1) is 0 Å². The smallest absolute Gasteiger partial charge is 0.161 e. The predicted octanol–water partition coefficient (Wildman–Crippen LogP) is 11.3. The molecular formula is C49H35N5. The van der Waals surface area contributed by atoms with Gasteiger partial charge in [-0.1, -0.05) is 182 Å². The molecule has 0 bridgehead atoms. The summed E-state index contributed by atoms with van der Waals surface area (Å²) >= 11 is 0. The second-order valence-electron chi connectivity index (χ2n) is 13.2.